The Bertz CT molecular complexity index is 47.4. The molecule has 0 saturated carbocycles. The first-order valence-electron chi connectivity index (χ1n) is 1.86. The summed E-state index contributed by atoms with van der Waals surface area (Å²) >= 11 is 0. The third-order valence-corrected chi connectivity index (χ3v) is 0.936. The van der Waals surface area contributed by atoms with Crippen LogP contribution in [0.15, 0.2) is 0 Å². The molecule has 0 fully saturated rings. The number of rotatable bonds is 2. The van der Waals surface area contributed by atoms with E-state index in [4.69, 9.17) is 15.3 Å². The molecule has 2 atom stereocenters. The van der Waals surface area contributed by atoms with Crippen molar-refractivity contribution in [1.29, 1.82) is 0 Å². The van der Waals surface area contributed by atoms with Gasteiger partial charge in [0.1, 0.15) is 0 Å². The molecule has 0 aromatic rings. The van der Waals surface area contributed by atoms with Crippen LogP contribution in [0, 0.1) is 0 Å². The molecule has 4 heteroatoms. The third kappa shape index (κ3) is 2.94. The lowest BCUT2D eigenvalue weighted by Gasteiger charge is -2.16. The van der Waals surface area contributed by atoms with E-state index in [-0.39, 0.29) is 0 Å². The van der Waals surface area contributed by atoms with Crippen molar-refractivity contribution in [3.8, 4) is 0 Å². The minimum absolute atomic E-state index is 0.426. The van der Waals surface area contributed by atoms with Crippen molar-refractivity contribution in [3.63, 3.8) is 0 Å². The first-order valence-corrected chi connectivity index (χ1v) is 2.44. The van der Waals surface area contributed by atoms with Crippen LogP contribution >= 0.6 is 9.24 Å². The van der Waals surface area contributed by atoms with Crippen molar-refractivity contribution in [2.24, 2.45) is 0 Å². The third-order valence-electron chi connectivity index (χ3n) is 0.552. The van der Waals surface area contributed by atoms with Crippen molar-refractivity contribution in [1.82, 2.24) is 0 Å². The predicted molar refractivity (Wildman–Crippen MR) is 27.4 cm³/mol. The molecule has 0 spiro atoms. The second kappa shape index (κ2) is 3.33. The molecule has 0 saturated heterocycles. The highest BCUT2D eigenvalue weighted by Gasteiger charge is 1.99. The van der Waals surface area contributed by atoms with Crippen molar-refractivity contribution in [2.75, 3.05) is 6.61 Å². The minimum atomic E-state index is -1.07. The van der Waals surface area contributed by atoms with Crippen LogP contribution in [-0.4, -0.2) is 33.9 Å². The monoisotopic (exact) mass is 123 g/mol. The summed E-state index contributed by atoms with van der Waals surface area (Å²) in [6.07, 6.45) is -1.07. The largest absolute Gasteiger partial charge is 0.524 e. The van der Waals surface area contributed by atoms with Gasteiger partial charge in [-0.2, -0.15) is 0 Å². The molecule has 0 aliphatic carbocycles. The van der Waals surface area contributed by atoms with E-state index in [9.17, 15) is 0 Å². The van der Waals surface area contributed by atoms with Gasteiger partial charge in [0.05, 0.1) is 12.7 Å². The number of hydrogen-bond donors (Lipinski definition) is 3. The van der Waals surface area contributed by atoms with E-state index in [1.54, 1.807) is 0 Å². The molecule has 3 N–H and O–H groups in total. The Morgan fingerprint density at radius 3 is 1.86 bits per heavy atom. The zero-order valence-electron chi connectivity index (χ0n) is 3.70. The summed E-state index contributed by atoms with van der Waals surface area (Å²) < 4.78 is 0. The Balaban J connectivity index is 3.14. The fraction of sp³-hybridized carbons (Fsp3) is 1.00. The van der Waals surface area contributed by atoms with Gasteiger partial charge in [-0.25, -0.2) is 0 Å². The van der Waals surface area contributed by atoms with Gasteiger partial charge in [0.15, 0.2) is 0 Å². The minimum Gasteiger partial charge on any atom is -0.524 e. The maximum absolute atomic E-state index is 8.39. The molecular weight excluding hydrogens is 115 g/mol. The van der Waals surface area contributed by atoms with E-state index >= 15 is 0 Å². The van der Waals surface area contributed by atoms with E-state index in [0.29, 0.717) is 0 Å². The van der Waals surface area contributed by atoms with E-state index < -0.39 is 18.6 Å². The fourth-order valence-corrected chi connectivity index (χ4v) is 0.205. The summed E-state index contributed by atoms with van der Waals surface area (Å²) in [5.41, 5.74) is 0. The van der Waals surface area contributed by atoms with E-state index in [1.165, 1.54) is 0 Å². The maximum atomic E-state index is 8.39. The van der Waals surface area contributed by atoms with Crippen LogP contribution in [0.4, 0.5) is 0 Å². The fourth-order valence-electron chi connectivity index (χ4n) is 0.0998. The Morgan fingerprint density at radius 1 is 1.43 bits per heavy atom. The van der Waals surface area contributed by atoms with E-state index in [1.807, 2.05) is 0 Å². The van der Waals surface area contributed by atoms with Crippen molar-refractivity contribution in [3.05, 3.63) is 0 Å². The van der Waals surface area contributed by atoms with Gasteiger partial charge in [0, 0.05) is 0 Å². The van der Waals surface area contributed by atoms with Crippen LogP contribution in [0.5, 0.6) is 0 Å². The van der Waals surface area contributed by atoms with Crippen LogP contribution in [0.3, 0.4) is 0 Å². The Kier molecular flexibility index (Phi) is 3.48. The molecule has 0 amide bonds. The highest BCUT2D eigenvalue weighted by molar-refractivity contribution is 7.17. The van der Waals surface area contributed by atoms with Gasteiger partial charge in [-0.05, 0) is 5.85 Å². The molecule has 0 heterocycles. The molecule has 7 heavy (non-hydrogen) atoms. The van der Waals surface area contributed by atoms with Gasteiger partial charge >= 0.3 is 0 Å². The Labute approximate surface area is 44.2 Å². The van der Waals surface area contributed by atoms with Crippen LogP contribution in [0.2, 0.25) is 0 Å². The average Bonchev–Trinajstić information content (AvgIpc) is 1.65. The van der Waals surface area contributed by atoms with Crippen LogP contribution in [-0.2, 0) is 0 Å². The summed E-state index contributed by atoms with van der Waals surface area (Å²) in [6, 6.07) is 0. The first kappa shape index (κ1) is 7.31. The van der Waals surface area contributed by atoms with E-state index in [2.05, 4.69) is 9.24 Å². The number of aliphatic hydroxyl groups excluding tert-OH is 3. The van der Waals surface area contributed by atoms with Crippen molar-refractivity contribution in [2.45, 2.75) is 11.9 Å². The molecule has 0 radical (unpaired) electrons. The van der Waals surface area contributed by atoms with Crippen molar-refractivity contribution < 1.29 is 15.3 Å². The topological polar surface area (TPSA) is 60.7 Å². The second-order valence-corrected chi connectivity index (χ2v) is 1.79. The lowest BCUT2D eigenvalue weighted by Crippen LogP contribution is -2.23. The molecular formula is C3H8O3P-. The van der Waals surface area contributed by atoms with Gasteiger partial charge in [-0.15, -0.1) is 0 Å². The van der Waals surface area contributed by atoms with Crippen LogP contribution < -0.4 is 0 Å². The molecule has 0 aliphatic heterocycles. The van der Waals surface area contributed by atoms with Crippen molar-refractivity contribution >= 4 is 9.24 Å². The van der Waals surface area contributed by atoms with Gasteiger partial charge in [-0.3, -0.25) is 0 Å². The number of aliphatic hydroxyl groups is 3. The van der Waals surface area contributed by atoms with E-state index in [0.717, 1.165) is 0 Å². The first-order chi connectivity index (χ1) is 3.18. The zero-order valence-corrected chi connectivity index (χ0v) is 4.70. The highest BCUT2D eigenvalue weighted by Crippen LogP contribution is 1.98. The average molecular weight is 123 g/mol. The predicted octanol–water partition coefficient (Wildman–Crippen LogP) is -1.20. The molecule has 0 aromatic heterocycles. The lowest BCUT2D eigenvalue weighted by molar-refractivity contribution is 0.0280. The summed E-state index contributed by atoms with van der Waals surface area (Å²) in [4.78, 5) is 0. The standard InChI is InChI=1S/C3H8O3P/c4-1-2(5)3(6)7/h2-7H,1H2/q-1. The Hall–Kier alpha value is 0.310. The smallest absolute Gasteiger partial charge is 0.0758 e. The zero-order chi connectivity index (χ0) is 5.86. The van der Waals surface area contributed by atoms with Gasteiger partial charge in [-0.1, -0.05) is 0 Å². The highest BCUT2D eigenvalue weighted by atomic mass is 31.0. The molecule has 3 nitrogen and oxygen atoms in total. The normalized spacial score (nSPS) is 18.9. The van der Waals surface area contributed by atoms with Crippen LogP contribution in [0.1, 0.15) is 0 Å². The quantitative estimate of drug-likeness (QED) is 0.404. The molecule has 44 valence electrons. The molecule has 2 unspecified atom stereocenters. The van der Waals surface area contributed by atoms with Gasteiger partial charge in [0.2, 0.25) is 0 Å². The SMILES string of the molecule is OCC(O)C(O)[PH-]. The van der Waals surface area contributed by atoms with Gasteiger partial charge < -0.3 is 24.6 Å². The lowest BCUT2D eigenvalue weighted by atomic mass is 10.4. The Morgan fingerprint density at radius 2 is 1.86 bits per heavy atom. The summed E-state index contributed by atoms with van der Waals surface area (Å²) in [7, 11) is 2.69. The summed E-state index contributed by atoms with van der Waals surface area (Å²) in [5.74, 6) is -1.02. The second-order valence-electron chi connectivity index (χ2n) is 1.19. The molecule has 0 aromatic carbocycles. The summed E-state index contributed by atoms with van der Waals surface area (Å²) in [6.45, 7) is -0.426. The maximum Gasteiger partial charge on any atom is 0.0758 e. The summed E-state index contributed by atoms with van der Waals surface area (Å²) in [5, 5.41) is 24.8. The van der Waals surface area contributed by atoms with Gasteiger partial charge in [0.25, 0.3) is 0 Å². The number of hydrogen-bond acceptors (Lipinski definition) is 3. The molecule has 0 aliphatic rings. The molecule has 0 bridgehead atoms. The molecule has 0 rings (SSSR count). The van der Waals surface area contributed by atoms with Crippen LogP contribution in [0.25, 0.3) is 0 Å².